The van der Waals surface area contributed by atoms with Gasteiger partial charge in [0.2, 0.25) is 5.43 Å². The van der Waals surface area contributed by atoms with E-state index in [-0.39, 0.29) is 5.69 Å². The third kappa shape index (κ3) is 3.70. The number of rotatable bonds is 4. The van der Waals surface area contributed by atoms with Crippen molar-refractivity contribution in [1.82, 2.24) is 9.78 Å². The molecule has 0 radical (unpaired) electrons. The van der Waals surface area contributed by atoms with Crippen LogP contribution in [0, 0.1) is 0 Å². The average molecular weight is 356 g/mol. The second-order valence-electron chi connectivity index (χ2n) is 5.11. The highest BCUT2D eigenvalue weighted by Gasteiger charge is 2.14. The summed E-state index contributed by atoms with van der Waals surface area (Å²) in [5.74, 6) is -0.125. The van der Waals surface area contributed by atoms with Gasteiger partial charge in [0.1, 0.15) is 5.75 Å². The fourth-order valence-corrected chi connectivity index (χ4v) is 2.48. The smallest absolute Gasteiger partial charge is 0.280 e. The summed E-state index contributed by atoms with van der Waals surface area (Å²) >= 11 is 6.04. The van der Waals surface area contributed by atoms with Crippen molar-refractivity contribution in [2.24, 2.45) is 0 Å². The molecule has 126 valence electrons. The molecule has 0 aliphatic rings. The summed E-state index contributed by atoms with van der Waals surface area (Å²) in [5, 5.41) is 7.09. The maximum atomic E-state index is 12.4. The number of benzene rings is 2. The van der Waals surface area contributed by atoms with E-state index in [1.165, 1.54) is 30.1 Å². The molecule has 0 aliphatic carbocycles. The number of nitrogens with zero attached hydrogens (tertiary/aromatic N) is 2. The van der Waals surface area contributed by atoms with Crippen LogP contribution in [-0.4, -0.2) is 22.8 Å². The van der Waals surface area contributed by atoms with Crippen molar-refractivity contribution in [3.8, 4) is 11.4 Å². The average Bonchev–Trinajstić information content (AvgIpc) is 2.63. The maximum Gasteiger partial charge on any atom is 0.280 e. The SMILES string of the molecule is COc1ccc(NC(=O)c2nn(-c3ccccc3)ccc2=O)cc1Cl. The lowest BCUT2D eigenvalue weighted by atomic mass is 10.2. The number of ether oxygens (including phenoxy) is 1. The fourth-order valence-electron chi connectivity index (χ4n) is 2.22. The highest BCUT2D eigenvalue weighted by molar-refractivity contribution is 6.32. The summed E-state index contributed by atoms with van der Waals surface area (Å²) < 4.78 is 6.53. The first kappa shape index (κ1) is 16.7. The maximum absolute atomic E-state index is 12.4. The monoisotopic (exact) mass is 355 g/mol. The number of aromatic nitrogens is 2. The van der Waals surface area contributed by atoms with Crippen molar-refractivity contribution >= 4 is 23.2 Å². The van der Waals surface area contributed by atoms with Crippen LogP contribution in [0.4, 0.5) is 5.69 Å². The number of hydrogen-bond acceptors (Lipinski definition) is 4. The molecule has 1 amide bonds. The van der Waals surface area contributed by atoms with Gasteiger partial charge in [0.15, 0.2) is 5.69 Å². The van der Waals surface area contributed by atoms with E-state index in [0.717, 1.165) is 5.69 Å². The Kier molecular flexibility index (Phi) is 4.81. The van der Waals surface area contributed by atoms with E-state index in [0.29, 0.717) is 16.5 Å². The van der Waals surface area contributed by atoms with Gasteiger partial charge in [-0.2, -0.15) is 5.10 Å². The van der Waals surface area contributed by atoms with Gasteiger partial charge in [0, 0.05) is 18.0 Å². The summed E-state index contributed by atoms with van der Waals surface area (Å²) in [5.41, 5.74) is 0.499. The van der Waals surface area contributed by atoms with Gasteiger partial charge < -0.3 is 10.1 Å². The number of methoxy groups -OCH3 is 1. The Morgan fingerprint density at radius 1 is 1.16 bits per heavy atom. The molecule has 0 spiro atoms. The predicted molar refractivity (Wildman–Crippen MR) is 95.8 cm³/mol. The Labute approximate surface area is 148 Å². The molecule has 1 aromatic heterocycles. The molecule has 0 aliphatic heterocycles. The lowest BCUT2D eigenvalue weighted by Gasteiger charge is -2.09. The molecule has 0 saturated heterocycles. The molecule has 0 unspecified atom stereocenters. The molecule has 6 nitrogen and oxygen atoms in total. The molecule has 0 bridgehead atoms. The van der Waals surface area contributed by atoms with Gasteiger partial charge in [0.05, 0.1) is 17.8 Å². The first-order valence-corrected chi connectivity index (χ1v) is 7.76. The third-order valence-electron chi connectivity index (χ3n) is 3.45. The van der Waals surface area contributed by atoms with Crippen LogP contribution in [0.5, 0.6) is 5.75 Å². The van der Waals surface area contributed by atoms with E-state index < -0.39 is 11.3 Å². The van der Waals surface area contributed by atoms with Crippen molar-refractivity contribution in [2.45, 2.75) is 0 Å². The number of para-hydroxylation sites is 1. The third-order valence-corrected chi connectivity index (χ3v) is 3.75. The standard InChI is InChI=1S/C18H14ClN3O3/c1-25-16-8-7-12(11-14(16)19)20-18(24)17-15(23)9-10-22(21-17)13-5-3-2-4-6-13/h2-11H,1H3,(H,20,24). The molecule has 2 aromatic carbocycles. The summed E-state index contributed by atoms with van der Waals surface area (Å²) in [4.78, 5) is 24.4. The van der Waals surface area contributed by atoms with E-state index in [1.54, 1.807) is 12.1 Å². The van der Waals surface area contributed by atoms with Crippen molar-refractivity contribution < 1.29 is 9.53 Å². The van der Waals surface area contributed by atoms with Crippen LogP contribution in [0.15, 0.2) is 65.6 Å². The van der Waals surface area contributed by atoms with E-state index >= 15 is 0 Å². The number of hydrogen-bond donors (Lipinski definition) is 1. The Morgan fingerprint density at radius 3 is 2.60 bits per heavy atom. The zero-order valence-electron chi connectivity index (χ0n) is 13.3. The number of nitrogens with one attached hydrogen (secondary N) is 1. The van der Waals surface area contributed by atoms with Crippen LogP contribution in [0.25, 0.3) is 5.69 Å². The highest BCUT2D eigenvalue weighted by Crippen LogP contribution is 2.27. The van der Waals surface area contributed by atoms with Gasteiger partial charge in [-0.15, -0.1) is 0 Å². The molecule has 3 aromatic rings. The number of carbonyl (C=O) groups is 1. The lowest BCUT2D eigenvalue weighted by molar-refractivity contribution is 0.101. The van der Waals surface area contributed by atoms with E-state index in [1.807, 2.05) is 30.3 Å². The number of halogens is 1. The van der Waals surface area contributed by atoms with Gasteiger partial charge >= 0.3 is 0 Å². The summed E-state index contributed by atoms with van der Waals surface area (Å²) in [7, 11) is 1.50. The second kappa shape index (κ2) is 7.19. The number of amides is 1. The van der Waals surface area contributed by atoms with E-state index in [4.69, 9.17) is 16.3 Å². The topological polar surface area (TPSA) is 73.2 Å². The molecule has 25 heavy (non-hydrogen) atoms. The van der Waals surface area contributed by atoms with Gasteiger partial charge in [-0.1, -0.05) is 29.8 Å². The van der Waals surface area contributed by atoms with Crippen LogP contribution < -0.4 is 15.5 Å². The number of anilines is 1. The minimum absolute atomic E-state index is 0.210. The predicted octanol–water partition coefficient (Wildman–Crippen LogP) is 3.15. The molecule has 0 saturated carbocycles. The summed E-state index contributed by atoms with van der Waals surface area (Å²) in [6.07, 6.45) is 1.51. The van der Waals surface area contributed by atoms with Crippen molar-refractivity contribution in [3.05, 3.63) is 81.7 Å². The lowest BCUT2D eigenvalue weighted by Crippen LogP contribution is -2.25. The zero-order valence-corrected chi connectivity index (χ0v) is 14.0. The Bertz CT molecular complexity index is 971. The first-order valence-electron chi connectivity index (χ1n) is 7.39. The molecule has 0 fully saturated rings. The Hall–Kier alpha value is -3.12. The quantitative estimate of drug-likeness (QED) is 0.780. The van der Waals surface area contributed by atoms with E-state index in [9.17, 15) is 9.59 Å². The van der Waals surface area contributed by atoms with Gasteiger partial charge in [-0.25, -0.2) is 4.68 Å². The van der Waals surface area contributed by atoms with Crippen molar-refractivity contribution in [3.63, 3.8) is 0 Å². The van der Waals surface area contributed by atoms with E-state index in [2.05, 4.69) is 10.4 Å². The number of carbonyl (C=O) groups excluding carboxylic acids is 1. The van der Waals surface area contributed by atoms with Crippen molar-refractivity contribution in [2.75, 3.05) is 12.4 Å². The van der Waals surface area contributed by atoms with Gasteiger partial charge in [-0.3, -0.25) is 9.59 Å². The molecule has 1 N–H and O–H groups in total. The van der Waals surface area contributed by atoms with Crippen LogP contribution in [0.1, 0.15) is 10.5 Å². The Morgan fingerprint density at radius 2 is 1.92 bits per heavy atom. The van der Waals surface area contributed by atoms with Gasteiger partial charge in [0.25, 0.3) is 5.91 Å². The van der Waals surface area contributed by atoms with Crippen LogP contribution in [0.3, 0.4) is 0 Å². The molecule has 0 atom stereocenters. The molecular weight excluding hydrogens is 342 g/mol. The van der Waals surface area contributed by atoms with Crippen LogP contribution >= 0.6 is 11.6 Å². The van der Waals surface area contributed by atoms with Crippen molar-refractivity contribution in [1.29, 1.82) is 0 Å². The van der Waals surface area contributed by atoms with Gasteiger partial charge in [-0.05, 0) is 30.3 Å². The first-order chi connectivity index (χ1) is 12.1. The summed E-state index contributed by atoms with van der Waals surface area (Å²) in [6.45, 7) is 0. The Balaban J connectivity index is 1.89. The normalized spacial score (nSPS) is 10.3. The molecule has 1 heterocycles. The minimum Gasteiger partial charge on any atom is -0.495 e. The van der Waals surface area contributed by atoms with Crippen LogP contribution in [0.2, 0.25) is 5.02 Å². The molecular formula is C18H14ClN3O3. The fraction of sp³-hybridized carbons (Fsp3) is 0.0556. The molecule has 7 heteroatoms. The largest absolute Gasteiger partial charge is 0.495 e. The highest BCUT2D eigenvalue weighted by atomic mass is 35.5. The minimum atomic E-state index is -0.614. The second-order valence-corrected chi connectivity index (χ2v) is 5.52. The van der Waals surface area contributed by atoms with Crippen LogP contribution in [-0.2, 0) is 0 Å². The summed E-state index contributed by atoms with van der Waals surface area (Å²) in [6, 6.07) is 15.3. The zero-order chi connectivity index (χ0) is 17.8. The molecule has 3 rings (SSSR count).